The summed E-state index contributed by atoms with van der Waals surface area (Å²) in [5.41, 5.74) is 1.24. The molecule has 12 heteroatoms. The van der Waals surface area contributed by atoms with E-state index < -0.39 is 22.1 Å². The van der Waals surface area contributed by atoms with Crippen molar-refractivity contribution < 1.29 is 18.0 Å². The number of nitrogens with one attached hydrogen (secondary N) is 4. The number of amides is 3. The summed E-state index contributed by atoms with van der Waals surface area (Å²) in [4.78, 5) is 29.8. The van der Waals surface area contributed by atoms with Crippen LogP contribution in [-0.2, 0) is 14.8 Å². The summed E-state index contributed by atoms with van der Waals surface area (Å²) in [7, 11) is -3.98. The Bertz CT molecular complexity index is 1330. The Hall–Kier alpha value is -3.95. The van der Waals surface area contributed by atoms with Gasteiger partial charge in [-0.2, -0.15) is 5.26 Å². The van der Waals surface area contributed by atoms with Gasteiger partial charge in [0, 0.05) is 11.9 Å². The second-order valence-corrected chi connectivity index (χ2v) is 10.9. The summed E-state index contributed by atoms with van der Waals surface area (Å²) >= 11 is 1.36. The quantitative estimate of drug-likeness (QED) is 0.293. The Morgan fingerprint density at radius 2 is 1.78 bits per heavy atom. The fourth-order valence-electron chi connectivity index (χ4n) is 3.23. The Labute approximate surface area is 213 Å². The minimum absolute atomic E-state index is 0.0108. The van der Waals surface area contributed by atoms with E-state index in [2.05, 4.69) is 20.9 Å². The SMILES string of the molecule is CC(C)C[C@H](Nc1ncc(-c2ccc(NC(=O)NS(=O)(=O)c3ccccc3)cc2)s1)C(=O)NCC#N. The number of aromatic nitrogens is 1. The van der Waals surface area contributed by atoms with Gasteiger partial charge in [-0.25, -0.2) is 22.9 Å². The lowest BCUT2D eigenvalue weighted by Crippen LogP contribution is -2.40. The van der Waals surface area contributed by atoms with Crippen molar-refractivity contribution in [2.24, 2.45) is 5.92 Å². The molecule has 0 aliphatic carbocycles. The molecule has 4 N–H and O–H groups in total. The molecule has 1 aromatic heterocycles. The largest absolute Gasteiger partial charge is 0.350 e. The van der Waals surface area contributed by atoms with Crippen molar-refractivity contribution in [2.75, 3.05) is 17.2 Å². The van der Waals surface area contributed by atoms with Crippen LogP contribution in [0.1, 0.15) is 20.3 Å². The number of hydrogen-bond donors (Lipinski definition) is 4. The molecule has 3 amide bonds. The van der Waals surface area contributed by atoms with E-state index in [1.54, 1.807) is 48.7 Å². The van der Waals surface area contributed by atoms with Crippen LogP contribution in [-0.4, -0.2) is 37.9 Å². The van der Waals surface area contributed by atoms with Gasteiger partial charge >= 0.3 is 6.03 Å². The van der Waals surface area contributed by atoms with Crippen LogP contribution in [0.3, 0.4) is 0 Å². The molecule has 3 rings (SSSR count). The first-order chi connectivity index (χ1) is 17.2. The number of benzene rings is 2. The molecule has 188 valence electrons. The fraction of sp³-hybridized carbons (Fsp3) is 0.250. The molecule has 10 nitrogen and oxygen atoms in total. The molecular formula is C24H26N6O4S2. The normalized spacial score (nSPS) is 11.8. The third-order valence-electron chi connectivity index (χ3n) is 4.88. The summed E-state index contributed by atoms with van der Waals surface area (Å²) in [5, 5.41) is 17.5. The molecule has 0 unspecified atom stereocenters. The molecule has 0 radical (unpaired) electrons. The highest BCUT2D eigenvalue weighted by Gasteiger charge is 2.21. The van der Waals surface area contributed by atoms with Crippen molar-refractivity contribution in [3.63, 3.8) is 0 Å². The predicted octanol–water partition coefficient (Wildman–Crippen LogP) is 3.79. The zero-order valence-corrected chi connectivity index (χ0v) is 21.3. The molecule has 0 saturated heterocycles. The smallest absolute Gasteiger partial charge is 0.333 e. The average molecular weight is 527 g/mol. The maximum atomic E-state index is 12.4. The summed E-state index contributed by atoms with van der Waals surface area (Å²) in [5.74, 6) is -0.000300. The van der Waals surface area contributed by atoms with Gasteiger partial charge in [-0.1, -0.05) is 55.5 Å². The molecule has 3 aromatic rings. The fourth-order valence-corrected chi connectivity index (χ4v) is 5.03. The van der Waals surface area contributed by atoms with Gasteiger partial charge in [-0.3, -0.25) is 4.79 Å². The van der Waals surface area contributed by atoms with Crippen molar-refractivity contribution >= 4 is 44.1 Å². The first kappa shape index (κ1) is 26.7. The minimum Gasteiger partial charge on any atom is -0.350 e. The van der Waals surface area contributed by atoms with Crippen LogP contribution in [0.15, 0.2) is 65.7 Å². The summed E-state index contributed by atoms with van der Waals surface area (Å²) in [6.07, 6.45) is 2.25. The first-order valence-electron chi connectivity index (χ1n) is 11.0. The second kappa shape index (κ2) is 12.1. The number of nitrogens with zero attached hydrogens (tertiary/aromatic N) is 2. The molecule has 1 atom stereocenters. The van der Waals surface area contributed by atoms with Crippen LogP contribution in [0.4, 0.5) is 15.6 Å². The molecule has 0 bridgehead atoms. The molecule has 36 heavy (non-hydrogen) atoms. The van der Waals surface area contributed by atoms with Gasteiger partial charge in [-0.05, 0) is 42.2 Å². The van der Waals surface area contributed by atoms with Crippen molar-refractivity contribution in [3.8, 4) is 16.5 Å². The lowest BCUT2D eigenvalue weighted by molar-refractivity contribution is -0.121. The Morgan fingerprint density at radius 3 is 2.42 bits per heavy atom. The van der Waals surface area contributed by atoms with Gasteiger partial charge in [0.2, 0.25) is 5.91 Å². The van der Waals surface area contributed by atoms with Gasteiger partial charge in [0.1, 0.15) is 12.6 Å². The first-order valence-corrected chi connectivity index (χ1v) is 13.3. The third-order valence-corrected chi connectivity index (χ3v) is 7.20. The van der Waals surface area contributed by atoms with Crippen LogP contribution in [0, 0.1) is 17.2 Å². The highest BCUT2D eigenvalue weighted by molar-refractivity contribution is 7.90. The van der Waals surface area contributed by atoms with E-state index in [0.29, 0.717) is 17.2 Å². The number of carbonyl (C=O) groups is 2. The number of nitriles is 1. The van der Waals surface area contributed by atoms with E-state index in [9.17, 15) is 18.0 Å². The molecule has 0 aliphatic heterocycles. The maximum absolute atomic E-state index is 12.4. The molecule has 0 fully saturated rings. The van der Waals surface area contributed by atoms with Crippen LogP contribution >= 0.6 is 11.3 Å². The van der Waals surface area contributed by atoms with E-state index >= 15 is 0 Å². The maximum Gasteiger partial charge on any atom is 0.333 e. The molecule has 0 saturated carbocycles. The van der Waals surface area contributed by atoms with Crippen molar-refractivity contribution in [1.82, 2.24) is 15.0 Å². The van der Waals surface area contributed by atoms with Crippen LogP contribution in [0.5, 0.6) is 0 Å². The highest BCUT2D eigenvalue weighted by atomic mass is 32.2. The highest BCUT2D eigenvalue weighted by Crippen LogP contribution is 2.30. The average Bonchev–Trinajstić information content (AvgIpc) is 3.31. The van der Waals surface area contributed by atoms with Crippen molar-refractivity contribution in [3.05, 3.63) is 60.8 Å². The molecule has 0 aliphatic rings. The van der Waals surface area contributed by atoms with Gasteiger partial charge < -0.3 is 16.0 Å². The zero-order valence-electron chi connectivity index (χ0n) is 19.7. The number of carbonyl (C=O) groups excluding carboxylic acids is 2. The summed E-state index contributed by atoms with van der Waals surface area (Å²) in [6, 6.07) is 14.9. The molecule has 0 spiro atoms. The van der Waals surface area contributed by atoms with Crippen LogP contribution in [0.2, 0.25) is 0 Å². The summed E-state index contributed by atoms with van der Waals surface area (Å²) in [6.45, 7) is 3.95. The molecule has 2 aromatic carbocycles. The van der Waals surface area contributed by atoms with E-state index in [-0.39, 0.29) is 23.3 Å². The Balaban J connectivity index is 1.63. The topological polar surface area (TPSA) is 153 Å². The van der Waals surface area contributed by atoms with Gasteiger partial charge in [0.25, 0.3) is 10.0 Å². The number of sulfonamides is 1. The second-order valence-electron chi connectivity index (χ2n) is 8.18. The monoisotopic (exact) mass is 526 g/mol. The number of urea groups is 1. The Kier molecular flexibility index (Phi) is 8.99. The number of rotatable bonds is 10. The Morgan fingerprint density at radius 1 is 1.08 bits per heavy atom. The van der Waals surface area contributed by atoms with E-state index in [1.807, 2.05) is 24.6 Å². The lowest BCUT2D eigenvalue weighted by Gasteiger charge is -2.18. The summed E-state index contributed by atoms with van der Waals surface area (Å²) < 4.78 is 26.5. The van der Waals surface area contributed by atoms with Crippen molar-refractivity contribution in [2.45, 2.75) is 31.2 Å². The van der Waals surface area contributed by atoms with Crippen LogP contribution < -0.4 is 20.7 Å². The van der Waals surface area contributed by atoms with Crippen molar-refractivity contribution in [1.29, 1.82) is 5.26 Å². The zero-order chi connectivity index (χ0) is 26.1. The van der Waals surface area contributed by atoms with Gasteiger partial charge in [0.15, 0.2) is 5.13 Å². The van der Waals surface area contributed by atoms with E-state index in [0.717, 1.165) is 10.4 Å². The predicted molar refractivity (Wildman–Crippen MR) is 139 cm³/mol. The standard InChI is InChI=1S/C24H26N6O4S2/c1-16(2)14-20(22(31)26-13-12-25)29-24-27-15-21(35-24)17-8-10-18(11-9-17)28-23(32)30-36(33,34)19-6-4-3-5-7-19/h3-11,15-16,20H,13-14H2,1-2H3,(H,26,31)(H,27,29)(H2,28,30,32)/t20-/m0/s1. The van der Waals surface area contributed by atoms with Crippen LogP contribution in [0.25, 0.3) is 10.4 Å². The lowest BCUT2D eigenvalue weighted by atomic mass is 10.0. The third kappa shape index (κ3) is 7.53. The van der Waals surface area contributed by atoms with E-state index in [4.69, 9.17) is 5.26 Å². The number of anilines is 2. The molecular weight excluding hydrogens is 500 g/mol. The number of hydrogen-bond acceptors (Lipinski definition) is 8. The number of thiazole rings is 1. The van der Waals surface area contributed by atoms with Gasteiger partial charge in [0.05, 0.1) is 15.8 Å². The minimum atomic E-state index is -3.98. The van der Waals surface area contributed by atoms with E-state index in [1.165, 1.54) is 23.5 Å². The van der Waals surface area contributed by atoms with Gasteiger partial charge in [-0.15, -0.1) is 0 Å². The molecule has 1 heterocycles.